The fraction of sp³-hybridized carbons (Fsp3) is 0.235. The van der Waals surface area contributed by atoms with E-state index in [1.54, 1.807) is 25.4 Å². The van der Waals surface area contributed by atoms with Crippen LogP contribution < -0.4 is 5.32 Å². The van der Waals surface area contributed by atoms with Gasteiger partial charge in [-0.1, -0.05) is 0 Å². The van der Waals surface area contributed by atoms with Gasteiger partial charge in [0.2, 0.25) is 0 Å². The molecule has 0 saturated heterocycles. The summed E-state index contributed by atoms with van der Waals surface area (Å²) in [5.41, 5.74) is 1.82. The molecule has 9 heteroatoms. The van der Waals surface area contributed by atoms with Crippen molar-refractivity contribution < 1.29 is 19.1 Å². The Balaban J connectivity index is 2.14. The zero-order valence-corrected chi connectivity index (χ0v) is 14.2. The van der Waals surface area contributed by atoms with Crippen molar-refractivity contribution in [3.8, 4) is 0 Å². The summed E-state index contributed by atoms with van der Waals surface area (Å²) in [5.74, 6) is -0.812. The third-order valence-electron chi connectivity index (χ3n) is 3.80. The molecule has 26 heavy (non-hydrogen) atoms. The van der Waals surface area contributed by atoms with Gasteiger partial charge in [0.15, 0.2) is 5.78 Å². The molecule has 1 aromatic carbocycles. The SMILES string of the molecule is CC(=O)c1nn(CC(=O)O)c2cc(CF)c(Nc3cnc(C)nc3)cc12. The topological polar surface area (TPSA) is 110 Å². The van der Waals surface area contributed by atoms with Crippen LogP contribution in [0.15, 0.2) is 24.5 Å². The first-order chi connectivity index (χ1) is 12.4. The molecule has 134 valence electrons. The second-order valence-electron chi connectivity index (χ2n) is 5.76. The molecule has 0 aliphatic heterocycles. The highest BCUT2D eigenvalue weighted by atomic mass is 19.1. The lowest BCUT2D eigenvalue weighted by Crippen LogP contribution is -2.10. The van der Waals surface area contributed by atoms with E-state index in [2.05, 4.69) is 20.4 Å². The Morgan fingerprint density at radius 3 is 2.54 bits per heavy atom. The molecule has 0 atom stereocenters. The molecular weight excluding hydrogens is 341 g/mol. The van der Waals surface area contributed by atoms with E-state index in [1.807, 2.05) is 0 Å². The number of Topliss-reactive ketones (excluding diaryl/α,β-unsaturated/α-hetero) is 1. The van der Waals surface area contributed by atoms with Crippen molar-refractivity contribution in [2.75, 3.05) is 5.32 Å². The molecule has 0 bridgehead atoms. The van der Waals surface area contributed by atoms with Gasteiger partial charge in [0.25, 0.3) is 0 Å². The second-order valence-corrected chi connectivity index (χ2v) is 5.76. The van der Waals surface area contributed by atoms with E-state index >= 15 is 0 Å². The molecule has 3 rings (SSSR count). The number of ketones is 1. The van der Waals surface area contributed by atoms with Crippen molar-refractivity contribution in [1.29, 1.82) is 0 Å². The maximum absolute atomic E-state index is 13.6. The molecular formula is C17H16FN5O3. The van der Waals surface area contributed by atoms with E-state index in [9.17, 15) is 14.0 Å². The summed E-state index contributed by atoms with van der Waals surface area (Å²) >= 11 is 0. The van der Waals surface area contributed by atoms with Crippen molar-refractivity contribution >= 4 is 34.0 Å². The molecule has 0 spiro atoms. The molecule has 0 saturated carbocycles. The van der Waals surface area contributed by atoms with Crippen LogP contribution >= 0.6 is 0 Å². The molecule has 0 aliphatic carbocycles. The number of hydrogen-bond donors (Lipinski definition) is 2. The summed E-state index contributed by atoms with van der Waals surface area (Å²) < 4.78 is 14.7. The van der Waals surface area contributed by atoms with Gasteiger partial charge in [-0.3, -0.25) is 14.3 Å². The number of hydrogen-bond acceptors (Lipinski definition) is 6. The molecule has 2 aromatic heterocycles. The maximum Gasteiger partial charge on any atom is 0.325 e. The minimum atomic E-state index is -1.11. The van der Waals surface area contributed by atoms with Gasteiger partial charge in [0, 0.05) is 23.6 Å². The van der Waals surface area contributed by atoms with E-state index < -0.39 is 19.2 Å². The van der Waals surface area contributed by atoms with Gasteiger partial charge in [0.1, 0.15) is 24.7 Å². The van der Waals surface area contributed by atoms with Crippen LogP contribution in [0.25, 0.3) is 10.9 Å². The molecule has 0 aliphatic rings. The zero-order valence-electron chi connectivity index (χ0n) is 14.2. The van der Waals surface area contributed by atoms with Gasteiger partial charge in [-0.05, 0) is 19.1 Å². The fourth-order valence-corrected chi connectivity index (χ4v) is 2.61. The average Bonchev–Trinajstić information content (AvgIpc) is 2.93. The largest absolute Gasteiger partial charge is 0.480 e. The Labute approximate surface area is 147 Å². The summed E-state index contributed by atoms with van der Waals surface area (Å²) in [7, 11) is 0. The van der Waals surface area contributed by atoms with E-state index in [-0.39, 0.29) is 11.5 Å². The molecule has 0 amide bonds. The predicted octanol–water partition coefficient (Wildman–Crippen LogP) is 2.64. The predicted molar refractivity (Wildman–Crippen MR) is 92.2 cm³/mol. The maximum atomic E-state index is 13.6. The van der Waals surface area contributed by atoms with Crippen LogP contribution in [0.4, 0.5) is 15.8 Å². The lowest BCUT2D eigenvalue weighted by Gasteiger charge is -2.11. The highest BCUT2D eigenvalue weighted by molar-refractivity contribution is 6.06. The first kappa shape index (κ1) is 17.5. The molecule has 0 radical (unpaired) electrons. The molecule has 2 N–H and O–H groups in total. The monoisotopic (exact) mass is 357 g/mol. The van der Waals surface area contributed by atoms with Crippen molar-refractivity contribution in [3.05, 3.63) is 41.6 Å². The van der Waals surface area contributed by atoms with E-state index in [4.69, 9.17) is 5.11 Å². The van der Waals surface area contributed by atoms with Crippen LogP contribution in [0.3, 0.4) is 0 Å². The van der Waals surface area contributed by atoms with Crippen LogP contribution in [0.5, 0.6) is 0 Å². The lowest BCUT2D eigenvalue weighted by molar-refractivity contribution is -0.137. The summed E-state index contributed by atoms with van der Waals surface area (Å²) in [6.07, 6.45) is 3.13. The smallest absolute Gasteiger partial charge is 0.325 e. The molecule has 8 nitrogen and oxygen atoms in total. The number of halogens is 1. The van der Waals surface area contributed by atoms with Gasteiger partial charge >= 0.3 is 5.97 Å². The van der Waals surface area contributed by atoms with E-state index in [1.165, 1.54) is 17.7 Å². The first-order valence-corrected chi connectivity index (χ1v) is 7.77. The van der Waals surface area contributed by atoms with Crippen molar-refractivity contribution in [1.82, 2.24) is 19.7 Å². The Bertz CT molecular complexity index is 998. The number of aromatic nitrogens is 4. The number of nitrogens with zero attached hydrogens (tertiary/aromatic N) is 4. The average molecular weight is 357 g/mol. The minimum absolute atomic E-state index is 0.134. The number of benzene rings is 1. The number of anilines is 2. The Morgan fingerprint density at radius 1 is 1.27 bits per heavy atom. The van der Waals surface area contributed by atoms with Crippen LogP contribution in [0, 0.1) is 6.92 Å². The number of carboxylic acids is 1. The second kappa shape index (κ2) is 6.87. The number of aliphatic carboxylic acids is 1. The Kier molecular flexibility index (Phi) is 4.61. The third kappa shape index (κ3) is 3.37. The molecule has 2 heterocycles. The van der Waals surface area contributed by atoms with E-state index in [0.717, 1.165) is 0 Å². The highest BCUT2D eigenvalue weighted by Crippen LogP contribution is 2.30. The minimum Gasteiger partial charge on any atom is -0.480 e. The third-order valence-corrected chi connectivity index (χ3v) is 3.80. The van der Waals surface area contributed by atoms with Crippen LogP contribution in [0.2, 0.25) is 0 Å². The fourth-order valence-electron chi connectivity index (χ4n) is 2.61. The van der Waals surface area contributed by atoms with Gasteiger partial charge in [0.05, 0.1) is 23.6 Å². The van der Waals surface area contributed by atoms with Crippen LogP contribution in [0.1, 0.15) is 28.8 Å². The number of rotatable bonds is 6. The number of carbonyl (C=O) groups is 2. The number of fused-ring (bicyclic) bond motifs is 1. The normalized spacial score (nSPS) is 10.9. The van der Waals surface area contributed by atoms with Gasteiger partial charge in [-0.2, -0.15) is 5.10 Å². The number of aryl methyl sites for hydroxylation is 1. The van der Waals surface area contributed by atoms with Gasteiger partial charge in [-0.15, -0.1) is 0 Å². The summed E-state index contributed by atoms with van der Waals surface area (Å²) in [6.45, 7) is 1.89. The van der Waals surface area contributed by atoms with E-state index in [0.29, 0.717) is 33.7 Å². The summed E-state index contributed by atoms with van der Waals surface area (Å²) in [6, 6.07) is 3.08. The quantitative estimate of drug-likeness (QED) is 0.653. The number of nitrogens with one attached hydrogen (secondary N) is 1. The van der Waals surface area contributed by atoms with Crippen LogP contribution in [-0.4, -0.2) is 36.6 Å². The van der Waals surface area contributed by atoms with Gasteiger partial charge in [-0.25, -0.2) is 14.4 Å². The lowest BCUT2D eigenvalue weighted by atomic mass is 10.1. The number of carbonyl (C=O) groups excluding carboxylic acids is 1. The Morgan fingerprint density at radius 2 is 1.96 bits per heavy atom. The highest BCUT2D eigenvalue weighted by Gasteiger charge is 2.18. The standard InChI is InChI=1S/C17H16FN5O3/c1-9(24)17-13-4-14(21-12-6-19-10(2)20-7-12)11(5-18)3-15(13)23(22-17)8-16(25)26/h3-4,6-7,21H,5,8H2,1-2H3,(H,25,26). The number of alkyl halides is 1. The molecule has 0 fully saturated rings. The van der Waals surface area contributed by atoms with Crippen molar-refractivity contribution in [3.63, 3.8) is 0 Å². The van der Waals surface area contributed by atoms with Gasteiger partial charge < -0.3 is 10.4 Å². The summed E-state index contributed by atoms with van der Waals surface area (Å²) in [5, 5.41) is 16.6. The summed E-state index contributed by atoms with van der Waals surface area (Å²) in [4.78, 5) is 31.1. The zero-order chi connectivity index (χ0) is 18.8. The first-order valence-electron chi connectivity index (χ1n) is 7.77. The number of carboxylic acid groups (broad SMARTS) is 1. The molecule has 0 unspecified atom stereocenters. The van der Waals surface area contributed by atoms with Crippen molar-refractivity contribution in [2.45, 2.75) is 27.1 Å². The Hall–Kier alpha value is -3.36. The van der Waals surface area contributed by atoms with Crippen molar-refractivity contribution in [2.24, 2.45) is 0 Å². The van der Waals surface area contributed by atoms with Crippen LogP contribution in [-0.2, 0) is 18.0 Å². The molecule has 3 aromatic rings.